The van der Waals surface area contributed by atoms with Gasteiger partial charge in [0.15, 0.2) is 0 Å². The molecular formula is C19H37NO. The highest BCUT2D eigenvalue weighted by Crippen LogP contribution is 2.61. The van der Waals surface area contributed by atoms with Gasteiger partial charge in [0.2, 0.25) is 0 Å². The normalized spacial score (nSPS) is 30.6. The van der Waals surface area contributed by atoms with Crippen molar-refractivity contribution in [2.24, 2.45) is 17.3 Å². The van der Waals surface area contributed by atoms with E-state index in [2.05, 4.69) is 12.2 Å². The van der Waals surface area contributed by atoms with Gasteiger partial charge in [-0.15, -0.1) is 0 Å². The van der Waals surface area contributed by atoms with Crippen molar-refractivity contribution in [3.05, 3.63) is 0 Å². The minimum Gasteiger partial charge on any atom is -0.383 e. The molecule has 2 fully saturated rings. The van der Waals surface area contributed by atoms with Gasteiger partial charge in [0, 0.05) is 20.2 Å². The minimum atomic E-state index is 0.644. The Hall–Kier alpha value is -0.0800. The van der Waals surface area contributed by atoms with Crippen molar-refractivity contribution < 1.29 is 4.74 Å². The molecule has 0 radical (unpaired) electrons. The fraction of sp³-hybridized carbons (Fsp3) is 1.00. The smallest absolute Gasteiger partial charge is 0.0587 e. The Labute approximate surface area is 132 Å². The number of methoxy groups -OCH3 is 1. The van der Waals surface area contributed by atoms with Crippen LogP contribution >= 0.6 is 0 Å². The maximum absolute atomic E-state index is 5.15. The first kappa shape index (κ1) is 17.3. The number of ether oxygens (including phenoxy) is 1. The molecule has 2 unspecified atom stereocenters. The summed E-state index contributed by atoms with van der Waals surface area (Å²) < 4.78 is 5.15. The van der Waals surface area contributed by atoms with Crippen LogP contribution in [0.15, 0.2) is 0 Å². The van der Waals surface area contributed by atoms with Crippen LogP contribution in [0.5, 0.6) is 0 Å². The monoisotopic (exact) mass is 295 g/mol. The third-order valence-electron chi connectivity index (χ3n) is 5.75. The Morgan fingerprint density at radius 3 is 2.33 bits per heavy atom. The maximum atomic E-state index is 5.15. The van der Waals surface area contributed by atoms with Crippen molar-refractivity contribution in [3.8, 4) is 0 Å². The molecule has 0 aromatic carbocycles. The van der Waals surface area contributed by atoms with Gasteiger partial charge in [0.25, 0.3) is 0 Å². The Bertz CT molecular complexity index is 269. The molecule has 0 bridgehead atoms. The molecule has 1 N–H and O–H groups in total. The molecule has 0 aromatic heterocycles. The van der Waals surface area contributed by atoms with Gasteiger partial charge in [0.05, 0.1) is 6.61 Å². The van der Waals surface area contributed by atoms with E-state index in [0.29, 0.717) is 5.41 Å². The molecule has 2 aliphatic carbocycles. The number of hydrogen-bond donors (Lipinski definition) is 1. The summed E-state index contributed by atoms with van der Waals surface area (Å²) in [5.41, 5.74) is 0.644. The van der Waals surface area contributed by atoms with Crippen LogP contribution in [0, 0.1) is 17.3 Å². The molecule has 2 atom stereocenters. The van der Waals surface area contributed by atoms with Gasteiger partial charge in [-0.25, -0.2) is 0 Å². The quantitative estimate of drug-likeness (QED) is 0.494. The molecule has 2 aliphatic rings. The van der Waals surface area contributed by atoms with E-state index in [1.54, 1.807) is 7.11 Å². The van der Waals surface area contributed by atoms with Crippen LogP contribution in [0.25, 0.3) is 0 Å². The standard InChI is InChI=1S/C19H37NO/c1-3-4-5-6-7-8-9-10-19(16-20-11-12-21-2)14-17-13-18(17)15-19/h17-18,20H,3-16H2,1-2H3. The third-order valence-corrected chi connectivity index (χ3v) is 5.75. The van der Waals surface area contributed by atoms with E-state index in [9.17, 15) is 0 Å². The highest BCUT2D eigenvalue weighted by Gasteiger charge is 2.52. The van der Waals surface area contributed by atoms with Crippen LogP contribution in [-0.4, -0.2) is 26.8 Å². The van der Waals surface area contributed by atoms with Crippen molar-refractivity contribution in [2.45, 2.75) is 77.6 Å². The number of hydrogen-bond acceptors (Lipinski definition) is 2. The van der Waals surface area contributed by atoms with Crippen LogP contribution in [-0.2, 0) is 4.74 Å². The fourth-order valence-electron chi connectivity index (χ4n) is 4.43. The molecule has 0 saturated heterocycles. The zero-order valence-corrected chi connectivity index (χ0v) is 14.5. The van der Waals surface area contributed by atoms with Crippen molar-refractivity contribution >= 4 is 0 Å². The van der Waals surface area contributed by atoms with E-state index in [-0.39, 0.29) is 0 Å². The van der Waals surface area contributed by atoms with E-state index < -0.39 is 0 Å². The summed E-state index contributed by atoms with van der Waals surface area (Å²) in [6.07, 6.45) is 16.1. The van der Waals surface area contributed by atoms with Crippen LogP contribution in [0.2, 0.25) is 0 Å². The predicted molar refractivity (Wildman–Crippen MR) is 90.6 cm³/mol. The molecule has 2 nitrogen and oxygen atoms in total. The zero-order valence-electron chi connectivity index (χ0n) is 14.5. The number of unbranched alkanes of at least 4 members (excludes halogenated alkanes) is 6. The summed E-state index contributed by atoms with van der Waals surface area (Å²) in [7, 11) is 1.79. The summed E-state index contributed by atoms with van der Waals surface area (Å²) in [6, 6.07) is 0. The zero-order chi connectivity index (χ0) is 15.0. The van der Waals surface area contributed by atoms with Gasteiger partial charge in [0.1, 0.15) is 0 Å². The van der Waals surface area contributed by atoms with Crippen LogP contribution in [0.4, 0.5) is 0 Å². The third kappa shape index (κ3) is 5.90. The van der Waals surface area contributed by atoms with Gasteiger partial charge < -0.3 is 10.1 Å². The van der Waals surface area contributed by atoms with E-state index >= 15 is 0 Å². The lowest BCUT2D eigenvalue weighted by Crippen LogP contribution is -2.35. The predicted octanol–water partition coefficient (Wildman–Crippen LogP) is 4.78. The average molecular weight is 296 g/mol. The summed E-state index contributed by atoms with van der Waals surface area (Å²) >= 11 is 0. The van der Waals surface area contributed by atoms with Gasteiger partial charge in [-0.2, -0.15) is 0 Å². The van der Waals surface area contributed by atoms with Crippen LogP contribution in [0.1, 0.15) is 77.6 Å². The average Bonchev–Trinajstić information content (AvgIpc) is 3.11. The molecule has 0 aliphatic heterocycles. The molecule has 2 saturated carbocycles. The molecule has 0 amide bonds. The largest absolute Gasteiger partial charge is 0.383 e. The Morgan fingerprint density at radius 1 is 1.00 bits per heavy atom. The molecule has 0 heterocycles. The van der Waals surface area contributed by atoms with E-state index in [1.165, 1.54) is 77.2 Å². The van der Waals surface area contributed by atoms with Gasteiger partial charge in [-0.3, -0.25) is 0 Å². The molecular weight excluding hydrogens is 258 g/mol. The highest BCUT2D eigenvalue weighted by atomic mass is 16.5. The van der Waals surface area contributed by atoms with E-state index in [4.69, 9.17) is 4.74 Å². The molecule has 124 valence electrons. The van der Waals surface area contributed by atoms with Gasteiger partial charge in [-0.1, -0.05) is 51.9 Å². The van der Waals surface area contributed by atoms with E-state index in [0.717, 1.165) is 25.0 Å². The fourth-order valence-corrected chi connectivity index (χ4v) is 4.43. The molecule has 2 heteroatoms. The summed E-state index contributed by atoms with van der Waals surface area (Å²) in [5.74, 6) is 2.19. The second-order valence-corrected chi connectivity index (χ2v) is 7.71. The topological polar surface area (TPSA) is 21.3 Å². The lowest BCUT2D eigenvalue weighted by atomic mass is 9.78. The lowest BCUT2D eigenvalue weighted by molar-refractivity contribution is 0.180. The molecule has 0 spiro atoms. The Morgan fingerprint density at radius 2 is 1.67 bits per heavy atom. The van der Waals surface area contributed by atoms with Gasteiger partial charge >= 0.3 is 0 Å². The van der Waals surface area contributed by atoms with E-state index in [1.807, 2.05) is 0 Å². The summed E-state index contributed by atoms with van der Waals surface area (Å²) in [5, 5.41) is 3.65. The summed E-state index contributed by atoms with van der Waals surface area (Å²) in [6.45, 7) is 5.40. The van der Waals surface area contributed by atoms with Crippen molar-refractivity contribution in [2.75, 3.05) is 26.8 Å². The minimum absolute atomic E-state index is 0.644. The second-order valence-electron chi connectivity index (χ2n) is 7.71. The number of fused-ring (bicyclic) bond motifs is 1. The molecule has 21 heavy (non-hydrogen) atoms. The van der Waals surface area contributed by atoms with Crippen LogP contribution in [0.3, 0.4) is 0 Å². The maximum Gasteiger partial charge on any atom is 0.0587 e. The first-order valence-electron chi connectivity index (χ1n) is 9.49. The first-order valence-corrected chi connectivity index (χ1v) is 9.49. The van der Waals surface area contributed by atoms with Gasteiger partial charge in [-0.05, 0) is 42.9 Å². The first-order chi connectivity index (χ1) is 10.3. The Balaban J connectivity index is 1.59. The molecule has 2 rings (SSSR count). The number of nitrogens with one attached hydrogen (secondary N) is 1. The molecule has 0 aromatic rings. The Kier molecular flexibility index (Phi) is 7.53. The lowest BCUT2D eigenvalue weighted by Gasteiger charge is -2.31. The van der Waals surface area contributed by atoms with Crippen molar-refractivity contribution in [3.63, 3.8) is 0 Å². The van der Waals surface area contributed by atoms with Crippen LogP contribution < -0.4 is 5.32 Å². The second kappa shape index (κ2) is 9.15. The number of rotatable bonds is 13. The summed E-state index contributed by atoms with van der Waals surface area (Å²) in [4.78, 5) is 0. The highest BCUT2D eigenvalue weighted by molar-refractivity contribution is 5.04. The van der Waals surface area contributed by atoms with Crippen molar-refractivity contribution in [1.82, 2.24) is 5.32 Å². The van der Waals surface area contributed by atoms with Crippen molar-refractivity contribution in [1.29, 1.82) is 0 Å². The SMILES string of the molecule is CCCCCCCCCC1(CNCCOC)CC2CC2C1.